The smallest absolute Gasteiger partial charge is 0.274 e. The van der Waals surface area contributed by atoms with Crippen molar-refractivity contribution in [1.29, 1.82) is 0 Å². The van der Waals surface area contributed by atoms with Crippen LogP contribution in [0.4, 0.5) is 11.6 Å². The maximum Gasteiger partial charge on any atom is 0.274 e. The summed E-state index contributed by atoms with van der Waals surface area (Å²) < 4.78 is 5.35. The summed E-state index contributed by atoms with van der Waals surface area (Å²) in [5, 5.41) is 6.06. The fourth-order valence-electron chi connectivity index (χ4n) is 2.69. The zero-order valence-corrected chi connectivity index (χ0v) is 15.6. The number of anilines is 2. The Morgan fingerprint density at radius 2 is 1.78 bits per heavy atom. The highest BCUT2D eigenvalue weighted by Crippen LogP contribution is 2.19. The molecule has 0 unspecified atom stereocenters. The lowest BCUT2D eigenvalue weighted by Crippen LogP contribution is -2.16. The van der Waals surface area contributed by atoms with Gasteiger partial charge in [-0.2, -0.15) is 0 Å². The summed E-state index contributed by atoms with van der Waals surface area (Å²) >= 11 is 0. The van der Waals surface area contributed by atoms with Gasteiger partial charge in [-0.1, -0.05) is 36.4 Å². The van der Waals surface area contributed by atoms with Gasteiger partial charge in [0.2, 0.25) is 5.95 Å². The molecule has 0 spiro atoms. The molecule has 0 radical (unpaired) electrons. The van der Waals surface area contributed by atoms with E-state index in [0.717, 1.165) is 22.6 Å². The monoisotopic (exact) mass is 362 g/mol. The second kappa shape index (κ2) is 8.31. The van der Waals surface area contributed by atoms with Crippen LogP contribution in [0.5, 0.6) is 5.75 Å². The van der Waals surface area contributed by atoms with E-state index in [0.29, 0.717) is 23.9 Å². The van der Waals surface area contributed by atoms with E-state index < -0.39 is 0 Å². The van der Waals surface area contributed by atoms with Gasteiger partial charge in [0.15, 0.2) is 0 Å². The molecule has 0 bridgehead atoms. The summed E-state index contributed by atoms with van der Waals surface area (Å²) in [5.41, 5.74) is 3.76. The van der Waals surface area contributed by atoms with Gasteiger partial charge in [0.25, 0.3) is 5.91 Å². The first-order valence-corrected chi connectivity index (χ1v) is 8.65. The molecule has 6 nitrogen and oxygen atoms in total. The van der Waals surface area contributed by atoms with E-state index in [2.05, 4.69) is 20.6 Å². The molecule has 3 rings (SSSR count). The molecule has 6 heteroatoms. The van der Waals surface area contributed by atoms with E-state index in [4.69, 9.17) is 4.74 Å². The van der Waals surface area contributed by atoms with Crippen LogP contribution < -0.4 is 15.4 Å². The van der Waals surface area contributed by atoms with Gasteiger partial charge in [-0.3, -0.25) is 4.79 Å². The predicted octanol–water partition coefficient (Wildman–Crippen LogP) is 3.97. The number of rotatable bonds is 6. The van der Waals surface area contributed by atoms with Crippen molar-refractivity contribution >= 4 is 17.5 Å². The number of methoxy groups -OCH3 is 1. The summed E-state index contributed by atoms with van der Waals surface area (Å²) in [4.78, 5) is 21.3. The summed E-state index contributed by atoms with van der Waals surface area (Å²) in [5.74, 6) is 0.918. The number of aromatic nitrogens is 2. The number of hydrogen-bond acceptors (Lipinski definition) is 5. The molecular formula is C21H22N4O2. The zero-order valence-electron chi connectivity index (χ0n) is 15.6. The molecule has 138 valence electrons. The van der Waals surface area contributed by atoms with Crippen LogP contribution in [0.1, 0.15) is 27.3 Å². The van der Waals surface area contributed by atoms with Crippen molar-refractivity contribution in [3.05, 3.63) is 77.1 Å². The highest BCUT2D eigenvalue weighted by molar-refractivity contribution is 6.03. The van der Waals surface area contributed by atoms with E-state index in [1.807, 2.05) is 62.4 Å². The van der Waals surface area contributed by atoms with Crippen molar-refractivity contribution in [2.75, 3.05) is 17.7 Å². The van der Waals surface area contributed by atoms with Crippen LogP contribution >= 0.6 is 0 Å². The SMILES string of the molecule is COc1ccccc1CNc1nc(C)cc(C(=O)Nc2ccccc2C)n1. The third kappa shape index (κ3) is 4.61. The van der Waals surface area contributed by atoms with Crippen LogP contribution in [0.15, 0.2) is 54.6 Å². The molecule has 2 aromatic carbocycles. The molecule has 0 aliphatic rings. The number of para-hydroxylation sites is 2. The first kappa shape index (κ1) is 18.4. The van der Waals surface area contributed by atoms with Gasteiger partial charge < -0.3 is 15.4 Å². The molecule has 3 aromatic rings. The number of ether oxygens (including phenoxy) is 1. The maximum atomic E-state index is 12.6. The van der Waals surface area contributed by atoms with Crippen molar-refractivity contribution in [3.63, 3.8) is 0 Å². The van der Waals surface area contributed by atoms with Gasteiger partial charge in [0, 0.05) is 23.5 Å². The van der Waals surface area contributed by atoms with Gasteiger partial charge in [-0.05, 0) is 37.6 Å². The van der Waals surface area contributed by atoms with Gasteiger partial charge >= 0.3 is 0 Å². The zero-order chi connectivity index (χ0) is 19.2. The Morgan fingerprint density at radius 1 is 1.04 bits per heavy atom. The molecule has 27 heavy (non-hydrogen) atoms. The van der Waals surface area contributed by atoms with E-state index in [1.165, 1.54) is 0 Å². The Hall–Kier alpha value is -3.41. The van der Waals surface area contributed by atoms with Gasteiger partial charge in [-0.15, -0.1) is 0 Å². The number of hydrogen-bond donors (Lipinski definition) is 2. The lowest BCUT2D eigenvalue weighted by atomic mass is 10.2. The molecule has 1 amide bonds. The van der Waals surface area contributed by atoms with Gasteiger partial charge in [0.05, 0.1) is 7.11 Å². The number of amides is 1. The fraction of sp³-hybridized carbons (Fsp3) is 0.190. The van der Waals surface area contributed by atoms with Crippen LogP contribution in [-0.4, -0.2) is 23.0 Å². The highest BCUT2D eigenvalue weighted by atomic mass is 16.5. The van der Waals surface area contributed by atoms with Crippen molar-refractivity contribution in [2.45, 2.75) is 20.4 Å². The quantitative estimate of drug-likeness (QED) is 0.694. The number of carbonyl (C=O) groups is 1. The number of benzene rings is 2. The Labute approximate surface area is 158 Å². The average molecular weight is 362 g/mol. The molecule has 0 saturated heterocycles. The van der Waals surface area contributed by atoms with E-state index in [9.17, 15) is 4.79 Å². The first-order chi connectivity index (χ1) is 13.1. The minimum absolute atomic E-state index is 0.268. The van der Waals surface area contributed by atoms with E-state index >= 15 is 0 Å². The molecule has 2 N–H and O–H groups in total. The third-order valence-corrected chi connectivity index (χ3v) is 4.11. The summed E-state index contributed by atoms with van der Waals surface area (Å²) in [6.45, 7) is 4.27. The van der Waals surface area contributed by atoms with E-state index in [1.54, 1.807) is 13.2 Å². The van der Waals surface area contributed by atoms with Crippen molar-refractivity contribution in [3.8, 4) is 5.75 Å². The number of aryl methyl sites for hydroxylation is 2. The largest absolute Gasteiger partial charge is 0.496 e. The summed E-state index contributed by atoms with van der Waals surface area (Å²) in [6, 6.07) is 17.0. The molecule has 0 aliphatic carbocycles. The van der Waals surface area contributed by atoms with Gasteiger partial charge in [0.1, 0.15) is 11.4 Å². The molecule has 1 aromatic heterocycles. The Morgan fingerprint density at radius 3 is 2.56 bits per heavy atom. The van der Waals surface area contributed by atoms with E-state index in [-0.39, 0.29) is 5.91 Å². The number of nitrogens with zero attached hydrogens (tertiary/aromatic N) is 2. The second-order valence-corrected chi connectivity index (χ2v) is 6.15. The summed E-state index contributed by atoms with van der Waals surface area (Å²) in [7, 11) is 1.63. The van der Waals surface area contributed by atoms with Crippen molar-refractivity contribution in [2.24, 2.45) is 0 Å². The maximum absolute atomic E-state index is 12.6. The summed E-state index contributed by atoms with van der Waals surface area (Å²) in [6.07, 6.45) is 0. The fourth-order valence-corrected chi connectivity index (χ4v) is 2.69. The van der Waals surface area contributed by atoms with Crippen LogP contribution in [-0.2, 0) is 6.54 Å². The van der Waals surface area contributed by atoms with Crippen LogP contribution in [0.3, 0.4) is 0 Å². The Bertz CT molecular complexity index is 956. The van der Waals surface area contributed by atoms with Crippen LogP contribution in [0, 0.1) is 13.8 Å². The van der Waals surface area contributed by atoms with Gasteiger partial charge in [-0.25, -0.2) is 9.97 Å². The lowest BCUT2D eigenvalue weighted by molar-refractivity contribution is 0.102. The second-order valence-electron chi connectivity index (χ2n) is 6.15. The third-order valence-electron chi connectivity index (χ3n) is 4.11. The molecular weight excluding hydrogens is 340 g/mol. The molecule has 0 saturated carbocycles. The van der Waals surface area contributed by atoms with Crippen molar-refractivity contribution < 1.29 is 9.53 Å². The lowest BCUT2D eigenvalue weighted by Gasteiger charge is -2.11. The van der Waals surface area contributed by atoms with Crippen molar-refractivity contribution in [1.82, 2.24) is 9.97 Å². The van der Waals surface area contributed by atoms with Crippen LogP contribution in [0.25, 0.3) is 0 Å². The Kier molecular flexibility index (Phi) is 5.66. The topological polar surface area (TPSA) is 76.1 Å². The van der Waals surface area contributed by atoms with Crippen LogP contribution in [0.2, 0.25) is 0 Å². The molecule has 0 aliphatic heterocycles. The average Bonchev–Trinajstić information content (AvgIpc) is 2.68. The predicted molar refractivity (Wildman–Crippen MR) is 106 cm³/mol. The molecule has 0 fully saturated rings. The minimum atomic E-state index is -0.268. The number of carbonyl (C=O) groups excluding carboxylic acids is 1. The number of nitrogens with one attached hydrogen (secondary N) is 2. The standard InChI is InChI=1S/C21H22N4O2/c1-14-8-4-6-10-17(14)24-20(26)18-12-15(2)23-21(25-18)22-13-16-9-5-7-11-19(16)27-3/h4-12H,13H2,1-3H3,(H,24,26)(H,22,23,25). The normalized spacial score (nSPS) is 10.3. The minimum Gasteiger partial charge on any atom is -0.496 e. The molecule has 0 atom stereocenters. The first-order valence-electron chi connectivity index (χ1n) is 8.65. The Balaban J connectivity index is 1.76. The highest BCUT2D eigenvalue weighted by Gasteiger charge is 2.12. The molecule has 1 heterocycles.